The van der Waals surface area contributed by atoms with E-state index in [1.54, 1.807) is 30.2 Å². The number of rotatable bonds is 8. The predicted octanol–water partition coefficient (Wildman–Crippen LogP) is 0.649. The van der Waals surface area contributed by atoms with Crippen LogP contribution in [-0.4, -0.2) is 82.9 Å². The van der Waals surface area contributed by atoms with E-state index < -0.39 is 29.2 Å². The maximum atomic E-state index is 13.0. The number of fused-ring (bicyclic) bond motifs is 2. The van der Waals surface area contributed by atoms with E-state index in [4.69, 9.17) is 10.6 Å². The van der Waals surface area contributed by atoms with Crippen LogP contribution in [0.25, 0.3) is 5.65 Å². The van der Waals surface area contributed by atoms with Crippen LogP contribution in [0.15, 0.2) is 51.6 Å². The van der Waals surface area contributed by atoms with Gasteiger partial charge in [-0.3, -0.25) is 23.9 Å². The first-order chi connectivity index (χ1) is 17.4. The molecule has 1 fully saturated rings. The average molecular weight is 547 g/mol. The first kappa shape index (κ1) is 24.1. The molecule has 2 aliphatic heterocycles. The van der Waals surface area contributed by atoms with Gasteiger partial charge < -0.3 is 21.0 Å². The highest BCUT2D eigenvalue weighted by molar-refractivity contribution is 8.01. The number of anilines is 1. The zero-order chi connectivity index (χ0) is 25.4. The molecule has 16 heteroatoms. The van der Waals surface area contributed by atoms with Gasteiger partial charge >= 0.3 is 5.97 Å². The van der Waals surface area contributed by atoms with E-state index in [9.17, 15) is 19.5 Å². The second-order valence-corrected chi connectivity index (χ2v) is 10.5. The lowest BCUT2D eigenvalue weighted by atomic mass is 10.0. The first-order valence-electron chi connectivity index (χ1n) is 10.3. The summed E-state index contributed by atoms with van der Waals surface area (Å²) < 4.78 is 1.85. The van der Waals surface area contributed by atoms with Gasteiger partial charge in [0.15, 0.2) is 16.5 Å². The number of aromatic nitrogens is 4. The first-order valence-corrected chi connectivity index (χ1v) is 13.2. The minimum Gasteiger partial charge on any atom is -0.477 e. The predicted molar refractivity (Wildman–Crippen MR) is 133 cm³/mol. The summed E-state index contributed by atoms with van der Waals surface area (Å²) in [6.07, 6.45) is 6.76. The summed E-state index contributed by atoms with van der Waals surface area (Å²) in [6, 6.07) is -0.923. The highest BCUT2D eigenvalue weighted by Gasteiger charge is 2.54. The SMILES string of the molecule is CO/N=C(\C(=O)N[C@@H]1C(=O)N2C(C(=O)O)=C(CSc3cncc4nccn34)CS[C@@H]12)c1csc(N)n1. The van der Waals surface area contributed by atoms with Crippen molar-refractivity contribution >= 4 is 69.1 Å². The van der Waals surface area contributed by atoms with Crippen molar-refractivity contribution in [2.24, 2.45) is 5.16 Å². The Hall–Kier alpha value is -3.63. The standard InChI is InChI=1S/C20H18N8O5S3/c1-33-26-13(10-8-36-20(21)24-10)16(29)25-14-17(30)28-15(19(31)32)9(7-35-18(14)28)6-34-12-5-22-4-11-23-2-3-27(11)12/h2-5,8,14,18H,6-7H2,1H3,(H2,21,24)(H,25,29)(H,31,32)/b26-13-/t14-,18+/m1/s1. The van der Waals surface area contributed by atoms with E-state index in [-0.39, 0.29) is 22.2 Å². The van der Waals surface area contributed by atoms with Gasteiger partial charge in [0.2, 0.25) is 0 Å². The second-order valence-electron chi connectivity index (χ2n) is 7.50. The summed E-state index contributed by atoms with van der Waals surface area (Å²) in [5.41, 5.74) is 6.94. The topological polar surface area (TPSA) is 177 Å². The van der Waals surface area contributed by atoms with E-state index in [1.165, 1.54) is 35.5 Å². The van der Waals surface area contributed by atoms with Gasteiger partial charge in [-0.2, -0.15) is 0 Å². The Labute approximate surface area is 215 Å². The van der Waals surface area contributed by atoms with Crippen molar-refractivity contribution in [3.05, 3.63) is 47.1 Å². The molecule has 2 aliphatic rings. The molecule has 0 aromatic carbocycles. The van der Waals surface area contributed by atoms with Crippen molar-refractivity contribution in [1.29, 1.82) is 0 Å². The molecule has 0 spiro atoms. The highest BCUT2D eigenvalue weighted by Crippen LogP contribution is 2.41. The third kappa shape index (κ3) is 4.27. The molecule has 186 valence electrons. The van der Waals surface area contributed by atoms with Crippen LogP contribution in [0.4, 0.5) is 5.13 Å². The number of nitrogens with two attached hydrogens (primary N) is 1. The third-order valence-corrected chi connectivity index (χ3v) is 8.48. The number of nitrogen functional groups attached to an aromatic ring is 1. The number of aliphatic carboxylic acids is 1. The molecular formula is C20H18N8O5S3. The van der Waals surface area contributed by atoms with E-state index in [0.29, 0.717) is 22.7 Å². The van der Waals surface area contributed by atoms with Gasteiger partial charge in [-0.1, -0.05) is 5.16 Å². The van der Waals surface area contributed by atoms with Crippen LogP contribution in [0.3, 0.4) is 0 Å². The average Bonchev–Trinajstić information content (AvgIpc) is 3.52. The highest BCUT2D eigenvalue weighted by atomic mass is 32.2. The zero-order valence-electron chi connectivity index (χ0n) is 18.5. The van der Waals surface area contributed by atoms with Gasteiger partial charge in [0, 0.05) is 29.3 Å². The van der Waals surface area contributed by atoms with Crippen LogP contribution < -0.4 is 11.1 Å². The maximum absolute atomic E-state index is 13.0. The van der Waals surface area contributed by atoms with Crippen LogP contribution in [0.2, 0.25) is 0 Å². The fraction of sp³-hybridized carbons (Fsp3) is 0.250. The molecule has 5 rings (SSSR count). The number of thiazole rings is 1. The van der Waals surface area contributed by atoms with Crippen molar-refractivity contribution in [3.63, 3.8) is 0 Å². The molecule has 4 N–H and O–H groups in total. The Morgan fingerprint density at radius 1 is 1.42 bits per heavy atom. The van der Waals surface area contributed by atoms with Crippen molar-refractivity contribution in [3.8, 4) is 0 Å². The van der Waals surface area contributed by atoms with Crippen LogP contribution >= 0.6 is 34.9 Å². The molecule has 36 heavy (non-hydrogen) atoms. The smallest absolute Gasteiger partial charge is 0.352 e. The number of imidazole rings is 1. The van der Waals surface area contributed by atoms with Gasteiger partial charge in [0.05, 0.1) is 17.4 Å². The molecule has 5 heterocycles. The quantitative estimate of drug-likeness (QED) is 0.156. The number of carboxylic acid groups (broad SMARTS) is 1. The summed E-state index contributed by atoms with van der Waals surface area (Å²) >= 11 is 3.91. The van der Waals surface area contributed by atoms with Crippen LogP contribution in [0, 0.1) is 0 Å². The van der Waals surface area contributed by atoms with Crippen LogP contribution in [0.1, 0.15) is 5.69 Å². The number of nitrogens with zero attached hydrogens (tertiary/aromatic N) is 6. The van der Waals surface area contributed by atoms with E-state index in [1.807, 2.05) is 4.40 Å². The molecule has 2 atom stereocenters. The number of thioether (sulfide) groups is 2. The zero-order valence-corrected chi connectivity index (χ0v) is 21.0. The number of nitrogens with one attached hydrogen (secondary N) is 1. The molecule has 3 aromatic rings. The maximum Gasteiger partial charge on any atom is 0.352 e. The summed E-state index contributed by atoms with van der Waals surface area (Å²) in [4.78, 5) is 56.4. The fourth-order valence-electron chi connectivity index (χ4n) is 3.79. The lowest BCUT2D eigenvalue weighted by Gasteiger charge is -2.49. The van der Waals surface area contributed by atoms with Gasteiger partial charge in [0.25, 0.3) is 11.8 Å². The lowest BCUT2D eigenvalue weighted by Crippen LogP contribution is -2.71. The number of oxime groups is 1. The van der Waals surface area contributed by atoms with Crippen molar-refractivity contribution in [2.75, 3.05) is 24.3 Å². The van der Waals surface area contributed by atoms with Gasteiger partial charge in [-0.15, -0.1) is 34.9 Å². The van der Waals surface area contributed by atoms with Gasteiger partial charge in [-0.05, 0) is 5.57 Å². The number of carbonyl (C=O) groups excluding carboxylic acids is 2. The number of hydrogen-bond acceptors (Lipinski definition) is 12. The number of β-lactam (4-membered cyclic amide) rings is 1. The molecule has 0 saturated carbocycles. The number of carbonyl (C=O) groups is 3. The monoisotopic (exact) mass is 546 g/mol. The van der Waals surface area contributed by atoms with Gasteiger partial charge in [-0.25, -0.2) is 14.8 Å². The van der Waals surface area contributed by atoms with Gasteiger partial charge in [0.1, 0.15) is 29.9 Å². The Balaban J connectivity index is 1.32. The Bertz CT molecular complexity index is 1430. The summed E-state index contributed by atoms with van der Waals surface area (Å²) in [7, 11) is 1.28. The molecular weight excluding hydrogens is 528 g/mol. The minimum atomic E-state index is -1.20. The molecule has 2 amide bonds. The summed E-state index contributed by atoms with van der Waals surface area (Å²) in [6.45, 7) is 0. The largest absolute Gasteiger partial charge is 0.477 e. The summed E-state index contributed by atoms with van der Waals surface area (Å²) in [5.74, 6) is -1.67. The Morgan fingerprint density at radius 2 is 2.25 bits per heavy atom. The molecule has 0 radical (unpaired) electrons. The lowest BCUT2D eigenvalue weighted by molar-refractivity contribution is -0.150. The van der Waals surface area contributed by atoms with Crippen molar-refractivity contribution in [1.82, 2.24) is 29.6 Å². The van der Waals surface area contributed by atoms with Crippen molar-refractivity contribution in [2.45, 2.75) is 16.4 Å². The van der Waals surface area contributed by atoms with E-state index in [0.717, 1.165) is 16.4 Å². The number of hydrogen-bond donors (Lipinski definition) is 3. The Morgan fingerprint density at radius 3 is 2.97 bits per heavy atom. The number of carboxylic acids is 1. The molecule has 0 unspecified atom stereocenters. The molecule has 0 bridgehead atoms. The fourth-order valence-corrected chi connectivity index (χ4v) is 6.80. The third-order valence-electron chi connectivity index (χ3n) is 5.37. The minimum absolute atomic E-state index is 0.0643. The normalized spacial score (nSPS) is 19.8. The summed E-state index contributed by atoms with van der Waals surface area (Å²) in [5, 5.41) is 18.3. The van der Waals surface area contributed by atoms with Crippen LogP contribution in [0.5, 0.6) is 0 Å². The molecule has 3 aromatic heterocycles. The van der Waals surface area contributed by atoms with Crippen LogP contribution in [-0.2, 0) is 19.2 Å². The molecule has 13 nitrogen and oxygen atoms in total. The molecule has 0 aliphatic carbocycles. The number of amides is 2. The van der Waals surface area contributed by atoms with Crippen molar-refractivity contribution < 1.29 is 24.3 Å². The Kier molecular flexibility index (Phi) is 6.55. The van der Waals surface area contributed by atoms with E-state index in [2.05, 4.69) is 25.4 Å². The van der Waals surface area contributed by atoms with E-state index >= 15 is 0 Å². The molecule has 1 saturated heterocycles. The second kappa shape index (κ2) is 9.79.